The van der Waals surface area contributed by atoms with Gasteiger partial charge in [0.1, 0.15) is 12.7 Å². The maximum Gasteiger partial charge on any atom is 0.407 e. The Kier molecular flexibility index (Phi) is 8.64. The number of piperidine rings is 1. The number of carbonyl (C=O) groups excluding carboxylic acids is 1. The molecule has 1 unspecified atom stereocenters. The van der Waals surface area contributed by atoms with Crippen LogP contribution in [-0.2, 0) is 14.2 Å². The van der Waals surface area contributed by atoms with E-state index in [-0.39, 0.29) is 12.0 Å². The van der Waals surface area contributed by atoms with E-state index in [9.17, 15) is 15.0 Å². The number of nitrogens with zero attached hydrogens (tertiary/aromatic N) is 1. The Labute approximate surface area is 240 Å². The summed E-state index contributed by atoms with van der Waals surface area (Å²) in [4.78, 5) is 14.8. The SMILES string of the molecule is O=C(NC1CCN(C[C@H](O)[C@@H](O)[C@H]2CCOC(c3ccccc3)O2)CC1)OCC1c2ccccc2-c2ccccc21. The Balaban J connectivity index is 0.941. The van der Waals surface area contributed by atoms with Gasteiger partial charge < -0.3 is 34.6 Å². The molecule has 1 amide bonds. The summed E-state index contributed by atoms with van der Waals surface area (Å²) in [6.45, 7) is 2.51. The summed E-state index contributed by atoms with van der Waals surface area (Å²) < 4.78 is 17.4. The Morgan fingerprint density at radius 3 is 2.22 bits per heavy atom. The summed E-state index contributed by atoms with van der Waals surface area (Å²) in [7, 11) is 0. The third kappa shape index (κ3) is 6.32. The first kappa shape index (κ1) is 27.9. The number of ether oxygens (including phenoxy) is 3. The lowest BCUT2D eigenvalue weighted by Gasteiger charge is -2.37. The van der Waals surface area contributed by atoms with E-state index >= 15 is 0 Å². The van der Waals surface area contributed by atoms with Gasteiger partial charge in [0.15, 0.2) is 6.29 Å². The van der Waals surface area contributed by atoms with Gasteiger partial charge in [-0.25, -0.2) is 4.79 Å². The molecule has 0 radical (unpaired) electrons. The number of β-amino-alcohol motifs (C(OH)–C–C–N with tert-alkyl or cyclic N) is 1. The van der Waals surface area contributed by atoms with Crippen LogP contribution in [0.3, 0.4) is 0 Å². The van der Waals surface area contributed by atoms with Gasteiger partial charge in [0, 0.05) is 37.2 Å². The molecular weight excluding hydrogens is 520 g/mol. The number of fused-ring (bicyclic) bond motifs is 3. The Bertz CT molecular complexity index is 1270. The fourth-order valence-corrected chi connectivity index (χ4v) is 6.28. The number of aliphatic hydroxyl groups excluding tert-OH is 2. The van der Waals surface area contributed by atoms with Crippen molar-refractivity contribution in [2.45, 2.75) is 55.8 Å². The number of benzene rings is 3. The molecule has 0 spiro atoms. The number of rotatable bonds is 8. The molecule has 0 bridgehead atoms. The van der Waals surface area contributed by atoms with Crippen LogP contribution < -0.4 is 5.32 Å². The van der Waals surface area contributed by atoms with Crippen LogP contribution in [0.1, 0.15) is 48.2 Å². The summed E-state index contributed by atoms with van der Waals surface area (Å²) in [5, 5.41) is 24.7. The summed E-state index contributed by atoms with van der Waals surface area (Å²) in [5.41, 5.74) is 5.69. The Hall–Kier alpha value is -3.27. The van der Waals surface area contributed by atoms with E-state index in [2.05, 4.69) is 34.5 Å². The Morgan fingerprint density at radius 2 is 1.54 bits per heavy atom. The zero-order valence-electron chi connectivity index (χ0n) is 23.1. The second-order valence-electron chi connectivity index (χ2n) is 11.2. The second kappa shape index (κ2) is 12.7. The van der Waals surface area contributed by atoms with E-state index in [1.165, 1.54) is 22.3 Å². The number of likely N-dealkylation sites (tertiary alicyclic amines) is 1. The largest absolute Gasteiger partial charge is 0.449 e. The standard InChI is InChI=1S/C33H38N2O6/c36-29(31(37)30-16-19-39-32(41-30)22-8-2-1-3-9-22)20-35-17-14-23(15-18-35)34-33(38)40-21-28-26-12-6-4-10-24(26)25-11-5-7-13-27(25)28/h1-13,23,28-32,36-37H,14-21H2,(H,34,38)/t29-,30+,31+,32?/m0/s1. The predicted molar refractivity (Wildman–Crippen MR) is 154 cm³/mol. The van der Waals surface area contributed by atoms with Gasteiger partial charge in [-0.05, 0) is 41.5 Å². The summed E-state index contributed by atoms with van der Waals surface area (Å²) >= 11 is 0. The molecule has 3 aromatic rings. The average molecular weight is 559 g/mol. The molecule has 8 heteroatoms. The van der Waals surface area contributed by atoms with Crippen LogP contribution in [0.25, 0.3) is 11.1 Å². The molecule has 3 aliphatic rings. The highest BCUT2D eigenvalue weighted by molar-refractivity contribution is 5.79. The fourth-order valence-electron chi connectivity index (χ4n) is 6.28. The van der Waals surface area contributed by atoms with Crippen LogP contribution in [0.15, 0.2) is 78.9 Å². The van der Waals surface area contributed by atoms with Crippen molar-refractivity contribution in [2.75, 3.05) is 32.8 Å². The molecule has 0 saturated carbocycles. The van der Waals surface area contributed by atoms with Gasteiger partial charge in [0.05, 0.1) is 18.8 Å². The van der Waals surface area contributed by atoms with E-state index < -0.39 is 30.7 Å². The zero-order chi connectivity index (χ0) is 28.2. The molecule has 2 aliphatic heterocycles. The summed E-state index contributed by atoms with van der Waals surface area (Å²) in [6, 6.07) is 26.2. The first-order chi connectivity index (χ1) is 20.1. The minimum absolute atomic E-state index is 0.00873. The number of nitrogens with one attached hydrogen (secondary N) is 1. The van der Waals surface area contributed by atoms with Crippen LogP contribution in [0, 0.1) is 0 Å². The van der Waals surface area contributed by atoms with Crippen LogP contribution >= 0.6 is 0 Å². The van der Waals surface area contributed by atoms with Gasteiger partial charge in [-0.2, -0.15) is 0 Å². The molecule has 3 N–H and O–H groups in total. The van der Waals surface area contributed by atoms with Crippen LogP contribution in [0.2, 0.25) is 0 Å². The van der Waals surface area contributed by atoms with Crippen LogP contribution in [0.5, 0.6) is 0 Å². The van der Waals surface area contributed by atoms with Crippen molar-refractivity contribution in [1.29, 1.82) is 0 Å². The van der Waals surface area contributed by atoms with E-state index in [0.717, 1.165) is 18.4 Å². The van der Waals surface area contributed by atoms with Crippen LogP contribution in [-0.4, -0.2) is 78.4 Å². The number of alkyl carbamates (subject to hydrolysis) is 1. The minimum atomic E-state index is -1.01. The van der Waals surface area contributed by atoms with Gasteiger partial charge >= 0.3 is 6.09 Å². The quantitative estimate of drug-likeness (QED) is 0.381. The lowest BCUT2D eigenvalue weighted by atomic mass is 9.98. The highest BCUT2D eigenvalue weighted by atomic mass is 16.7. The molecule has 1 aliphatic carbocycles. The number of carbonyl (C=O) groups is 1. The maximum absolute atomic E-state index is 12.7. The number of hydrogen-bond acceptors (Lipinski definition) is 7. The fraction of sp³-hybridized carbons (Fsp3) is 0.424. The van der Waals surface area contributed by atoms with Crippen molar-refractivity contribution in [3.05, 3.63) is 95.6 Å². The predicted octanol–water partition coefficient (Wildman–Crippen LogP) is 4.22. The first-order valence-corrected chi connectivity index (χ1v) is 14.6. The lowest BCUT2D eigenvalue weighted by Crippen LogP contribution is -2.51. The highest BCUT2D eigenvalue weighted by Crippen LogP contribution is 2.44. The van der Waals surface area contributed by atoms with Crippen molar-refractivity contribution in [3.63, 3.8) is 0 Å². The van der Waals surface area contributed by atoms with Crippen molar-refractivity contribution in [1.82, 2.24) is 10.2 Å². The third-order valence-corrected chi connectivity index (χ3v) is 8.52. The molecule has 4 atom stereocenters. The average Bonchev–Trinajstić information content (AvgIpc) is 3.34. The van der Waals surface area contributed by atoms with Gasteiger partial charge in [0.25, 0.3) is 0 Å². The molecule has 8 nitrogen and oxygen atoms in total. The van der Waals surface area contributed by atoms with E-state index in [1.54, 1.807) is 0 Å². The molecule has 2 saturated heterocycles. The normalized spacial score (nSPS) is 22.9. The molecule has 6 rings (SSSR count). The smallest absolute Gasteiger partial charge is 0.407 e. The topological polar surface area (TPSA) is 100 Å². The molecule has 2 fully saturated rings. The van der Waals surface area contributed by atoms with Crippen molar-refractivity contribution < 1.29 is 29.2 Å². The second-order valence-corrected chi connectivity index (χ2v) is 11.2. The molecule has 3 aromatic carbocycles. The Morgan fingerprint density at radius 1 is 0.902 bits per heavy atom. The van der Waals surface area contributed by atoms with Gasteiger partial charge in [-0.15, -0.1) is 0 Å². The van der Waals surface area contributed by atoms with Gasteiger partial charge in [0.2, 0.25) is 0 Å². The minimum Gasteiger partial charge on any atom is -0.449 e. The van der Waals surface area contributed by atoms with E-state index in [1.807, 2.05) is 54.6 Å². The molecular formula is C33H38N2O6. The first-order valence-electron chi connectivity index (χ1n) is 14.6. The zero-order valence-corrected chi connectivity index (χ0v) is 23.1. The molecule has 2 heterocycles. The number of amides is 1. The van der Waals surface area contributed by atoms with Crippen molar-refractivity contribution in [3.8, 4) is 11.1 Å². The molecule has 41 heavy (non-hydrogen) atoms. The van der Waals surface area contributed by atoms with Gasteiger partial charge in [-0.3, -0.25) is 0 Å². The van der Waals surface area contributed by atoms with Crippen molar-refractivity contribution >= 4 is 6.09 Å². The van der Waals surface area contributed by atoms with E-state index in [0.29, 0.717) is 39.3 Å². The van der Waals surface area contributed by atoms with Crippen molar-refractivity contribution in [2.24, 2.45) is 0 Å². The monoisotopic (exact) mass is 558 g/mol. The lowest BCUT2D eigenvalue weighted by molar-refractivity contribution is -0.247. The van der Waals surface area contributed by atoms with Crippen LogP contribution in [0.4, 0.5) is 4.79 Å². The number of aliphatic hydroxyl groups is 2. The summed E-state index contributed by atoms with van der Waals surface area (Å²) in [6.07, 6.45) is -1.39. The highest BCUT2D eigenvalue weighted by Gasteiger charge is 2.35. The third-order valence-electron chi connectivity index (χ3n) is 8.52. The molecule has 0 aromatic heterocycles. The van der Waals surface area contributed by atoms with E-state index in [4.69, 9.17) is 14.2 Å². The number of hydrogen-bond donors (Lipinski definition) is 3. The maximum atomic E-state index is 12.7. The molecule has 216 valence electrons. The summed E-state index contributed by atoms with van der Waals surface area (Å²) in [5.74, 6) is 0.0330. The van der Waals surface area contributed by atoms with Gasteiger partial charge in [-0.1, -0.05) is 78.9 Å².